The number of amides is 1. The lowest BCUT2D eigenvalue weighted by atomic mass is 9.96. The minimum absolute atomic E-state index is 0.238. The van der Waals surface area contributed by atoms with Crippen molar-refractivity contribution in [3.05, 3.63) is 0 Å². The SMILES string of the molecule is COC(=O)[C@H](C)NC(=O)C(C)(N)C1CC1. The normalized spacial score (nSPS) is 21.3. The summed E-state index contributed by atoms with van der Waals surface area (Å²) in [5.41, 5.74) is 5.02. The van der Waals surface area contributed by atoms with E-state index in [4.69, 9.17) is 5.73 Å². The molecule has 0 heterocycles. The molecule has 2 atom stereocenters. The van der Waals surface area contributed by atoms with E-state index in [1.807, 2.05) is 0 Å². The maximum Gasteiger partial charge on any atom is 0.328 e. The fourth-order valence-electron chi connectivity index (χ4n) is 1.46. The first-order valence-corrected chi connectivity index (χ1v) is 5.07. The molecule has 0 aromatic heterocycles. The van der Waals surface area contributed by atoms with Gasteiger partial charge >= 0.3 is 5.97 Å². The van der Waals surface area contributed by atoms with E-state index in [-0.39, 0.29) is 11.8 Å². The van der Waals surface area contributed by atoms with Gasteiger partial charge in [0.1, 0.15) is 6.04 Å². The van der Waals surface area contributed by atoms with Gasteiger partial charge in [-0.05, 0) is 32.6 Å². The van der Waals surface area contributed by atoms with Crippen molar-refractivity contribution in [3.63, 3.8) is 0 Å². The van der Waals surface area contributed by atoms with Crippen LogP contribution in [0.5, 0.6) is 0 Å². The summed E-state index contributed by atoms with van der Waals surface area (Å²) in [6.45, 7) is 3.27. The number of esters is 1. The third-order valence-electron chi connectivity index (χ3n) is 2.82. The van der Waals surface area contributed by atoms with E-state index in [1.165, 1.54) is 7.11 Å². The molecule has 0 bridgehead atoms. The summed E-state index contributed by atoms with van der Waals surface area (Å²) in [5.74, 6) is -0.514. The molecule has 3 N–H and O–H groups in total. The highest BCUT2D eigenvalue weighted by atomic mass is 16.5. The van der Waals surface area contributed by atoms with Crippen LogP contribution in [0.15, 0.2) is 0 Å². The second-order valence-electron chi connectivity index (χ2n) is 4.28. The van der Waals surface area contributed by atoms with Crippen molar-refractivity contribution in [1.82, 2.24) is 5.32 Å². The molecular weight excluding hydrogens is 196 g/mol. The largest absolute Gasteiger partial charge is 0.467 e. The maximum atomic E-state index is 11.7. The number of hydrogen-bond donors (Lipinski definition) is 2. The first kappa shape index (κ1) is 12.0. The van der Waals surface area contributed by atoms with Crippen LogP contribution in [0, 0.1) is 5.92 Å². The van der Waals surface area contributed by atoms with Crippen molar-refractivity contribution in [1.29, 1.82) is 0 Å². The van der Waals surface area contributed by atoms with Crippen LogP contribution in [-0.2, 0) is 14.3 Å². The van der Waals surface area contributed by atoms with Crippen LogP contribution >= 0.6 is 0 Å². The molecule has 86 valence electrons. The van der Waals surface area contributed by atoms with E-state index in [0.717, 1.165) is 12.8 Å². The molecule has 0 aromatic carbocycles. The third kappa shape index (κ3) is 2.68. The molecular formula is C10H18N2O3. The highest BCUT2D eigenvalue weighted by Crippen LogP contribution is 2.38. The summed E-state index contributed by atoms with van der Waals surface area (Å²) in [7, 11) is 1.29. The summed E-state index contributed by atoms with van der Waals surface area (Å²) >= 11 is 0. The Morgan fingerprint density at radius 3 is 2.47 bits per heavy atom. The van der Waals surface area contributed by atoms with Gasteiger partial charge in [-0.15, -0.1) is 0 Å². The zero-order valence-electron chi connectivity index (χ0n) is 9.37. The molecule has 1 rings (SSSR count). The van der Waals surface area contributed by atoms with Crippen molar-refractivity contribution >= 4 is 11.9 Å². The Hall–Kier alpha value is -1.10. The van der Waals surface area contributed by atoms with Crippen molar-refractivity contribution in [3.8, 4) is 0 Å². The van der Waals surface area contributed by atoms with Gasteiger partial charge in [-0.1, -0.05) is 0 Å². The Morgan fingerprint density at radius 1 is 1.53 bits per heavy atom. The Balaban J connectivity index is 2.51. The number of hydrogen-bond acceptors (Lipinski definition) is 4. The van der Waals surface area contributed by atoms with Gasteiger partial charge in [-0.25, -0.2) is 4.79 Å². The van der Waals surface area contributed by atoms with Gasteiger partial charge < -0.3 is 15.8 Å². The van der Waals surface area contributed by atoms with E-state index in [0.29, 0.717) is 0 Å². The minimum atomic E-state index is -0.873. The number of carbonyl (C=O) groups excluding carboxylic acids is 2. The molecule has 0 saturated heterocycles. The summed E-state index contributed by atoms with van der Waals surface area (Å²) in [6, 6.07) is -0.649. The predicted octanol–water partition coefficient (Wildman–Crippen LogP) is -0.208. The first-order chi connectivity index (χ1) is 6.89. The smallest absolute Gasteiger partial charge is 0.328 e. The lowest BCUT2D eigenvalue weighted by molar-refractivity contribution is -0.145. The molecule has 1 aliphatic rings. The molecule has 1 saturated carbocycles. The number of rotatable bonds is 4. The zero-order valence-corrected chi connectivity index (χ0v) is 9.37. The fraction of sp³-hybridized carbons (Fsp3) is 0.800. The first-order valence-electron chi connectivity index (χ1n) is 5.07. The second-order valence-corrected chi connectivity index (χ2v) is 4.28. The molecule has 0 aliphatic heterocycles. The predicted molar refractivity (Wildman–Crippen MR) is 54.9 cm³/mol. The van der Waals surface area contributed by atoms with Crippen molar-refractivity contribution in [2.75, 3.05) is 7.11 Å². The van der Waals surface area contributed by atoms with Gasteiger partial charge in [0.2, 0.25) is 5.91 Å². The van der Waals surface area contributed by atoms with Gasteiger partial charge in [0.15, 0.2) is 0 Å². The van der Waals surface area contributed by atoms with Crippen LogP contribution < -0.4 is 11.1 Å². The summed E-state index contributed by atoms with van der Waals surface area (Å²) in [4.78, 5) is 22.8. The van der Waals surface area contributed by atoms with Crippen LogP contribution in [0.1, 0.15) is 26.7 Å². The third-order valence-corrected chi connectivity index (χ3v) is 2.82. The molecule has 1 aliphatic carbocycles. The van der Waals surface area contributed by atoms with Gasteiger partial charge in [0, 0.05) is 0 Å². The summed E-state index contributed by atoms with van der Waals surface area (Å²) < 4.78 is 4.51. The molecule has 1 fully saturated rings. The number of carbonyl (C=O) groups is 2. The number of methoxy groups -OCH3 is 1. The van der Waals surface area contributed by atoms with E-state index in [1.54, 1.807) is 13.8 Å². The quantitative estimate of drug-likeness (QED) is 0.634. The van der Waals surface area contributed by atoms with Gasteiger partial charge in [-0.2, -0.15) is 0 Å². The number of ether oxygens (including phenoxy) is 1. The lowest BCUT2D eigenvalue weighted by Gasteiger charge is -2.24. The molecule has 15 heavy (non-hydrogen) atoms. The van der Waals surface area contributed by atoms with E-state index in [9.17, 15) is 9.59 Å². The minimum Gasteiger partial charge on any atom is -0.467 e. The molecule has 5 nitrogen and oxygen atoms in total. The highest BCUT2D eigenvalue weighted by Gasteiger charge is 2.44. The summed E-state index contributed by atoms with van der Waals surface area (Å²) in [6.07, 6.45) is 1.96. The molecule has 1 unspecified atom stereocenters. The van der Waals surface area contributed by atoms with Gasteiger partial charge in [-0.3, -0.25) is 4.79 Å². The van der Waals surface area contributed by atoms with Gasteiger partial charge in [0.25, 0.3) is 0 Å². The van der Waals surface area contributed by atoms with E-state index >= 15 is 0 Å². The molecule has 0 spiro atoms. The number of nitrogens with two attached hydrogens (primary N) is 1. The molecule has 1 amide bonds. The van der Waals surface area contributed by atoms with Crippen molar-refractivity contribution in [2.24, 2.45) is 11.7 Å². The molecule has 0 radical (unpaired) electrons. The highest BCUT2D eigenvalue weighted by molar-refractivity contribution is 5.90. The standard InChI is InChI=1S/C10H18N2O3/c1-6(8(13)15-3)12-9(14)10(2,11)7-4-5-7/h6-7H,4-5,11H2,1-3H3,(H,12,14)/t6-,10?/m0/s1. The van der Waals surface area contributed by atoms with E-state index in [2.05, 4.69) is 10.1 Å². The topological polar surface area (TPSA) is 81.4 Å². The second kappa shape index (κ2) is 4.18. The van der Waals surface area contributed by atoms with Crippen LogP contribution in [0.2, 0.25) is 0 Å². The van der Waals surface area contributed by atoms with Crippen LogP contribution in [0.25, 0.3) is 0 Å². The maximum absolute atomic E-state index is 11.7. The average Bonchev–Trinajstić information content (AvgIpc) is 2.99. The average molecular weight is 214 g/mol. The van der Waals surface area contributed by atoms with Crippen molar-refractivity contribution < 1.29 is 14.3 Å². The van der Waals surface area contributed by atoms with Crippen molar-refractivity contribution in [2.45, 2.75) is 38.3 Å². The monoisotopic (exact) mass is 214 g/mol. The Morgan fingerprint density at radius 2 is 2.07 bits per heavy atom. The molecule has 5 heteroatoms. The lowest BCUT2D eigenvalue weighted by Crippen LogP contribution is -2.56. The summed E-state index contributed by atoms with van der Waals surface area (Å²) in [5, 5.41) is 2.55. The van der Waals surface area contributed by atoms with Crippen LogP contribution in [0.4, 0.5) is 0 Å². The Bertz CT molecular complexity index is 272. The fourth-order valence-corrected chi connectivity index (χ4v) is 1.46. The Kier molecular flexibility index (Phi) is 3.34. The van der Waals surface area contributed by atoms with Crippen LogP contribution in [0.3, 0.4) is 0 Å². The zero-order chi connectivity index (χ0) is 11.6. The number of nitrogens with one attached hydrogen (secondary N) is 1. The van der Waals surface area contributed by atoms with Gasteiger partial charge in [0.05, 0.1) is 12.6 Å². The molecule has 0 aromatic rings. The van der Waals surface area contributed by atoms with E-state index < -0.39 is 17.6 Å². The van der Waals surface area contributed by atoms with Crippen LogP contribution in [-0.4, -0.2) is 30.6 Å². The Labute approximate surface area is 89.3 Å².